The second-order valence-corrected chi connectivity index (χ2v) is 5.99. The highest BCUT2D eigenvalue weighted by Gasteiger charge is 2.29. The van der Waals surface area contributed by atoms with Gasteiger partial charge >= 0.3 is 0 Å². The number of nitrogens with zero attached hydrogens (tertiary/aromatic N) is 1. The number of nitro groups is 1. The zero-order chi connectivity index (χ0) is 16.2. The molecule has 1 fully saturated rings. The summed E-state index contributed by atoms with van der Waals surface area (Å²) in [7, 11) is 0. The second-order valence-electron chi connectivity index (χ2n) is 5.55. The number of hydrogen-bond donors (Lipinski definition) is 1. The minimum atomic E-state index is -0.423. The van der Waals surface area contributed by atoms with Crippen molar-refractivity contribution in [2.75, 3.05) is 18.5 Å². The van der Waals surface area contributed by atoms with Gasteiger partial charge in [0.25, 0.3) is 5.69 Å². The molecular formula is C17H17ClN2O3. The Balaban J connectivity index is 1.72. The fourth-order valence-electron chi connectivity index (χ4n) is 2.90. The van der Waals surface area contributed by atoms with E-state index < -0.39 is 4.92 Å². The van der Waals surface area contributed by atoms with Crippen molar-refractivity contribution in [1.82, 2.24) is 0 Å². The molecule has 1 saturated heterocycles. The normalized spacial score (nSPS) is 20.4. The van der Waals surface area contributed by atoms with Crippen molar-refractivity contribution in [3.05, 3.63) is 69.2 Å². The molecule has 6 heteroatoms. The maximum absolute atomic E-state index is 11.1. The van der Waals surface area contributed by atoms with E-state index in [4.69, 9.17) is 16.3 Å². The van der Waals surface area contributed by atoms with Crippen molar-refractivity contribution in [2.45, 2.75) is 12.5 Å². The number of nitro benzene ring substituents is 1. The summed E-state index contributed by atoms with van der Waals surface area (Å²) in [5.74, 6) is 0.271. The van der Waals surface area contributed by atoms with E-state index in [-0.39, 0.29) is 17.7 Å². The number of nitrogens with one attached hydrogen (secondary N) is 1. The number of ether oxygens (including phenoxy) is 1. The van der Waals surface area contributed by atoms with E-state index in [2.05, 4.69) is 5.32 Å². The van der Waals surface area contributed by atoms with Gasteiger partial charge in [-0.3, -0.25) is 10.1 Å². The number of benzene rings is 2. The van der Waals surface area contributed by atoms with Crippen molar-refractivity contribution in [3.63, 3.8) is 0 Å². The number of anilines is 1. The van der Waals surface area contributed by atoms with Crippen molar-refractivity contribution in [1.29, 1.82) is 0 Å². The summed E-state index contributed by atoms with van der Waals surface area (Å²) in [5.41, 5.74) is 1.62. The Morgan fingerprint density at radius 2 is 2.04 bits per heavy atom. The summed E-state index contributed by atoms with van der Waals surface area (Å²) in [6.45, 7) is 1.32. The Morgan fingerprint density at radius 1 is 1.26 bits per heavy atom. The molecule has 0 bridgehead atoms. The number of rotatable bonds is 5. The van der Waals surface area contributed by atoms with Gasteiger partial charge in [-0.05, 0) is 24.1 Å². The summed E-state index contributed by atoms with van der Waals surface area (Å²) in [4.78, 5) is 10.7. The highest BCUT2D eigenvalue weighted by molar-refractivity contribution is 6.30. The molecule has 2 aromatic carbocycles. The van der Waals surface area contributed by atoms with E-state index in [9.17, 15) is 10.1 Å². The first-order valence-electron chi connectivity index (χ1n) is 7.49. The van der Waals surface area contributed by atoms with E-state index in [1.54, 1.807) is 12.1 Å². The SMILES string of the molecule is O=[N+]([O-])c1cc(Cl)ccc1NCC1CCOC1c1ccccc1. The number of hydrogen-bond acceptors (Lipinski definition) is 4. The van der Waals surface area contributed by atoms with E-state index in [0.717, 1.165) is 12.0 Å². The fraction of sp³-hybridized carbons (Fsp3) is 0.294. The lowest BCUT2D eigenvalue weighted by molar-refractivity contribution is -0.383. The lowest BCUT2D eigenvalue weighted by atomic mass is 9.95. The van der Waals surface area contributed by atoms with Gasteiger partial charge in [-0.15, -0.1) is 0 Å². The topological polar surface area (TPSA) is 64.4 Å². The van der Waals surface area contributed by atoms with Crippen LogP contribution in [0.5, 0.6) is 0 Å². The third-order valence-corrected chi connectivity index (χ3v) is 4.29. The highest BCUT2D eigenvalue weighted by Crippen LogP contribution is 2.35. The lowest BCUT2D eigenvalue weighted by Crippen LogP contribution is -2.18. The van der Waals surface area contributed by atoms with Gasteiger partial charge in [0.2, 0.25) is 0 Å². The van der Waals surface area contributed by atoms with Crippen LogP contribution in [0.4, 0.5) is 11.4 Å². The molecule has 0 aliphatic carbocycles. The van der Waals surface area contributed by atoms with Crippen molar-refractivity contribution < 1.29 is 9.66 Å². The van der Waals surface area contributed by atoms with Gasteiger partial charge in [-0.25, -0.2) is 0 Å². The molecule has 3 rings (SSSR count). The Kier molecular flexibility index (Phi) is 4.79. The third kappa shape index (κ3) is 3.63. The van der Waals surface area contributed by atoms with Gasteiger partial charge in [0.1, 0.15) is 5.69 Å². The first-order chi connectivity index (χ1) is 11.1. The molecule has 2 atom stereocenters. The monoisotopic (exact) mass is 332 g/mol. The maximum Gasteiger partial charge on any atom is 0.293 e. The molecule has 0 saturated carbocycles. The molecule has 0 aromatic heterocycles. The van der Waals surface area contributed by atoms with Crippen LogP contribution < -0.4 is 5.32 Å². The Hall–Kier alpha value is -2.11. The molecule has 0 amide bonds. The van der Waals surface area contributed by atoms with Gasteiger partial charge in [0.15, 0.2) is 0 Å². The van der Waals surface area contributed by atoms with E-state index in [1.165, 1.54) is 6.07 Å². The Morgan fingerprint density at radius 3 is 2.78 bits per heavy atom. The molecule has 1 aliphatic rings. The highest BCUT2D eigenvalue weighted by atomic mass is 35.5. The van der Waals surface area contributed by atoms with Crippen molar-refractivity contribution >= 4 is 23.0 Å². The quantitative estimate of drug-likeness (QED) is 0.649. The zero-order valence-corrected chi connectivity index (χ0v) is 13.2. The predicted molar refractivity (Wildman–Crippen MR) is 89.8 cm³/mol. The van der Waals surface area contributed by atoms with E-state index >= 15 is 0 Å². The van der Waals surface area contributed by atoms with Crippen LogP contribution in [0.3, 0.4) is 0 Å². The standard InChI is InChI=1S/C17H17ClN2O3/c18-14-6-7-15(16(10-14)20(21)22)19-11-13-8-9-23-17(13)12-4-2-1-3-5-12/h1-7,10,13,17,19H,8-9,11H2. The smallest absolute Gasteiger partial charge is 0.293 e. The van der Waals surface area contributed by atoms with Gasteiger partial charge in [0, 0.05) is 30.2 Å². The molecule has 1 heterocycles. The van der Waals surface area contributed by atoms with Crippen LogP contribution in [0.2, 0.25) is 5.02 Å². The molecule has 23 heavy (non-hydrogen) atoms. The molecular weight excluding hydrogens is 316 g/mol. The van der Waals surface area contributed by atoms with Crippen molar-refractivity contribution in [2.24, 2.45) is 5.92 Å². The first kappa shape index (κ1) is 15.8. The summed E-state index contributed by atoms with van der Waals surface area (Å²) >= 11 is 5.84. The Labute approximate surface area is 139 Å². The van der Waals surface area contributed by atoms with Gasteiger partial charge in [0.05, 0.1) is 11.0 Å². The van der Waals surface area contributed by atoms with Crippen LogP contribution in [-0.4, -0.2) is 18.1 Å². The fourth-order valence-corrected chi connectivity index (χ4v) is 3.07. The molecule has 1 aliphatic heterocycles. The Bertz CT molecular complexity index is 693. The molecule has 2 aromatic rings. The zero-order valence-electron chi connectivity index (χ0n) is 12.4. The van der Waals surface area contributed by atoms with Crippen LogP contribution in [0.25, 0.3) is 0 Å². The first-order valence-corrected chi connectivity index (χ1v) is 7.87. The summed E-state index contributed by atoms with van der Waals surface area (Å²) < 4.78 is 5.84. The van der Waals surface area contributed by atoms with E-state index in [0.29, 0.717) is 23.9 Å². The molecule has 1 N–H and O–H groups in total. The van der Waals surface area contributed by atoms with Crippen LogP contribution in [0, 0.1) is 16.0 Å². The van der Waals surface area contributed by atoms with Crippen LogP contribution in [0.15, 0.2) is 48.5 Å². The average molecular weight is 333 g/mol. The maximum atomic E-state index is 11.1. The summed E-state index contributed by atoms with van der Waals surface area (Å²) in [6, 6.07) is 14.7. The molecule has 5 nitrogen and oxygen atoms in total. The summed E-state index contributed by atoms with van der Waals surface area (Å²) in [5, 5.41) is 14.7. The van der Waals surface area contributed by atoms with Gasteiger partial charge in [-0.2, -0.15) is 0 Å². The molecule has 0 radical (unpaired) electrons. The second kappa shape index (κ2) is 6.98. The largest absolute Gasteiger partial charge is 0.379 e. The van der Waals surface area contributed by atoms with Crippen LogP contribution in [-0.2, 0) is 4.74 Å². The van der Waals surface area contributed by atoms with Gasteiger partial charge < -0.3 is 10.1 Å². The van der Waals surface area contributed by atoms with Crippen LogP contribution >= 0.6 is 11.6 Å². The molecule has 2 unspecified atom stereocenters. The van der Waals surface area contributed by atoms with E-state index in [1.807, 2.05) is 30.3 Å². The molecule has 120 valence electrons. The van der Waals surface area contributed by atoms with Crippen LogP contribution in [0.1, 0.15) is 18.1 Å². The lowest BCUT2D eigenvalue weighted by Gasteiger charge is -2.20. The summed E-state index contributed by atoms with van der Waals surface area (Å²) in [6.07, 6.45) is 0.948. The molecule has 0 spiro atoms. The van der Waals surface area contributed by atoms with Crippen molar-refractivity contribution in [3.8, 4) is 0 Å². The average Bonchev–Trinajstić information content (AvgIpc) is 3.03. The third-order valence-electron chi connectivity index (χ3n) is 4.05. The predicted octanol–water partition coefficient (Wildman–Crippen LogP) is 4.44. The number of halogens is 1. The minimum absolute atomic E-state index is 0.00678. The minimum Gasteiger partial charge on any atom is -0.379 e. The van der Waals surface area contributed by atoms with Gasteiger partial charge in [-0.1, -0.05) is 41.9 Å².